The van der Waals surface area contributed by atoms with Crippen LogP contribution in [0.25, 0.3) is 0 Å². The Bertz CT molecular complexity index is 80.0. The molecule has 0 fully saturated rings. The Morgan fingerprint density at radius 2 is 1.75 bits per heavy atom. The van der Waals surface area contributed by atoms with Gasteiger partial charge in [0.25, 0.3) is 0 Å². The van der Waals surface area contributed by atoms with Crippen LogP contribution in [0.4, 0.5) is 0 Å². The SMILES string of the molecule is C=C(C)C(=O)O.[InH3].[SnH2]. The molecular weight excluding hydrogens is 314 g/mol. The van der Waals surface area contributed by atoms with Crippen LogP contribution < -0.4 is 0 Å². The molecule has 0 unspecified atom stereocenters. The Morgan fingerprint density at radius 3 is 1.75 bits per heavy atom. The van der Waals surface area contributed by atoms with Crippen molar-refractivity contribution in [2.24, 2.45) is 0 Å². The zero-order chi connectivity index (χ0) is 5.15. The van der Waals surface area contributed by atoms with Crippen LogP contribution in [0, 0.1) is 0 Å². The van der Waals surface area contributed by atoms with Crippen molar-refractivity contribution in [3.05, 3.63) is 12.2 Å². The van der Waals surface area contributed by atoms with E-state index in [0.29, 0.717) is 0 Å². The van der Waals surface area contributed by atoms with Crippen molar-refractivity contribution in [2.75, 3.05) is 0 Å². The third-order valence-corrected chi connectivity index (χ3v) is 0.365. The predicted molar refractivity (Wildman–Crippen MR) is 40.9 cm³/mol. The van der Waals surface area contributed by atoms with Crippen LogP contribution in [-0.2, 0) is 4.79 Å². The predicted octanol–water partition coefficient (Wildman–Crippen LogP) is -1.45. The molecule has 46 valence electrons. The topological polar surface area (TPSA) is 37.3 Å². The summed E-state index contributed by atoms with van der Waals surface area (Å²) >= 11 is 0. The minimum atomic E-state index is -0.935. The maximum absolute atomic E-state index is 9.60. The van der Waals surface area contributed by atoms with Crippen molar-refractivity contribution in [1.82, 2.24) is 0 Å². The standard InChI is InChI=1S/C4H6O2.In.Sn.5H/c1-3(2)4(5)6;;;;;;;/h1H2,2H3,(H,5,6);;;;;;;. The zero-order valence-corrected chi connectivity index (χ0v) is 8.31. The van der Waals surface area contributed by atoms with Gasteiger partial charge in [0.1, 0.15) is 0 Å². The Kier molecular flexibility index (Phi) is 15.7. The molecule has 0 saturated carbocycles. The fourth-order valence-corrected chi connectivity index (χ4v) is 0. The van der Waals surface area contributed by atoms with Gasteiger partial charge < -0.3 is 5.11 Å². The number of carbonyl (C=O) groups is 1. The zero-order valence-electron chi connectivity index (χ0n) is 4.27. The van der Waals surface area contributed by atoms with E-state index in [1.165, 1.54) is 6.92 Å². The average Bonchev–Trinajstić information content (AvgIpc) is 1.36. The van der Waals surface area contributed by atoms with Crippen molar-refractivity contribution in [3.8, 4) is 0 Å². The first kappa shape index (κ1) is 15.9. The van der Waals surface area contributed by atoms with Gasteiger partial charge in [0.2, 0.25) is 0 Å². The van der Waals surface area contributed by atoms with Crippen molar-refractivity contribution in [2.45, 2.75) is 6.92 Å². The minimum absolute atomic E-state index is 0. The number of aliphatic carboxylic acids is 1. The molecule has 0 atom stereocenters. The molecule has 2 radical (unpaired) electrons. The fraction of sp³-hybridized carbons (Fsp3) is 0.250. The quantitative estimate of drug-likeness (QED) is 0.473. The molecule has 1 N–H and O–H groups in total. The van der Waals surface area contributed by atoms with Crippen LogP contribution in [0.2, 0.25) is 0 Å². The Morgan fingerprint density at radius 1 is 1.62 bits per heavy atom. The van der Waals surface area contributed by atoms with E-state index in [0.717, 1.165) is 0 Å². The van der Waals surface area contributed by atoms with Gasteiger partial charge in [0, 0.05) is 5.57 Å². The van der Waals surface area contributed by atoms with Gasteiger partial charge in [-0.2, -0.15) is 0 Å². The van der Waals surface area contributed by atoms with Crippen molar-refractivity contribution in [1.29, 1.82) is 0 Å². The van der Waals surface area contributed by atoms with Gasteiger partial charge in [0.15, 0.2) is 0 Å². The van der Waals surface area contributed by atoms with Crippen LogP contribution in [0.15, 0.2) is 12.2 Å². The molecule has 4 heteroatoms. The Hall–Kier alpha value is 0.879. The fourth-order valence-electron chi connectivity index (χ4n) is 0. The molecule has 0 aliphatic heterocycles. The summed E-state index contributed by atoms with van der Waals surface area (Å²) in [7, 11) is 0. The second kappa shape index (κ2) is 7.88. The molecule has 0 aromatic heterocycles. The van der Waals surface area contributed by atoms with Gasteiger partial charge in [0.05, 0.1) is 0 Å². The second-order valence-electron chi connectivity index (χ2n) is 1.09. The van der Waals surface area contributed by atoms with Gasteiger partial charge in [-0.3, -0.25) is 0 Å². The molecule has 0 bridgehead atoms. The third-order valence-electron chi connectivity index (χ3n) is 0.365. The number of hydrogen-bond donors (Lipinski definition) is 1. The molecule has 0 rings (SSSR count). The van der Waals surface area contributed by atoms with E-state index in [4.69, 9.17) is 5.11 Å². The molecule has 0 aromatic rings. The molecule has 0 amide bonds. The van der Waals surface area contributed by atoms with E-state index < -0.39 is 5.97 Å². The van der Waals surface area contributed by atoms with E-state index in [-0.39, 0.29) is 55.3 Å². The molecular formula is C4H11InO2Sn. The molecule has 0 aliphatic rings. The van der Waals surface area contributed by atoms with Crippen molar-refractivity contribution in [3.63, 3.8) is 0 Å². The number of hydrogen-bond acceptors (Lipinski definition) is 1. The summed E-state index contributed by atoms with van der Waals surface area (Å²) in [5.41, 5.74) is 0.176. The summed E-state index contributed by atoms with van der Waals surface area (Å²) in [6.07, 6.45) is 0. The van der Waals surface area contributed by atoms with Gasteiger partial charge >= 0.3 is 55.7 Å². The van der Waals surface area contributed by atoms with E-state index in [1.54, 1.807) is 0 Å². The van der Waals surface area contributed by atoms with E-state index in [2.05, 4.69) is 6.58 Å². The van der Waals surface area contributed by atoms with Gasteiger partial charge in [-0.25, -0.2) is 4.79 Å². The van der Waals surface area contributed by atoms with Crippen LogP contribution >= 0.6 is 0 Å². The third kappa shape index (κ3) is 9.99. The molecule has 2 nitrogen and oxygen atoms in total. The number of carboxylic acids is 1. The van der Waals surface area contributed by atoms with Crippen LogP contribution in [0.3, 0.4) is 0 Å². The molecule has 0 spiro atoms. The molecule has 0 aromatic carbocycles. The first-order valence-corrected chi connectivity index (χ1v) is 1.53. The number of carboxylic acid groups (broad SMARTS) is 1. The van der Waals surface area contributed by atoms with Crippen LogP contribution in [0.5, 0.6) is 0 Å². The molecule has 0 aliphatic carbocycles. The average molecular weight is 325 g/mol. The summed E-state index contributed by atoms with van der Waals surface area (Å²) in [5, 5.41) is 7.89. The van der Waals surface area contributed by atoms with Gasteiger partial charge in [-0.15, -0.1) is 0 Å². The summed E-state index contributed by atoms with van der Waals surface area (Å²) < 4.78 is 0. The molecule has 8 heavy (non-hydrogen) atoms. The Balaban J connectivity index is -0.000000125. The normalized spacial score (nSPS) is 5.62. The first-order valence-electron chi connectivity index (χ1n) is 1.53. The molecule has 0 saturated heterocycles. The van der Waals surface area contributed by atoms with E-state index >= 15 is 0 Å². The van der Waals surface area contributed by atoms with Crippen LogP contribution in [0.1, 0.15) is 6.92 Å². The summed E-state index contributed by atoms with van der Waals surface area (Å²) in [6, 6.07) is 0. The first-order chi connectivity index (χ1) is 2.64. The van der Waals surface area contributed by atoms with Gasteiger partial charge in [-0.05, 0) is 6.92 Å². The van der Waals surface area contributed by atoms with Crippen LogP contribution in [-0.4, -0.2) is 60.8 Å². The molecule has 0 heterocycles. The Labute approximate surface area is 84.1 Å². The monoisotopic (exact) mass is 326 g/mol. The number of rotatable bonds is 1. The summed E-state index contributed by atoms with van der Waals surface area (Å²) in [5.74, 6) is -0.935. The van der Waals surface area contributed by atoms with E-state index in [9.17, 15) is 4.79 Å². The van der Waals surface area contributed by atoms with Crippen molar-refractivity contribution >= 4 is 55.7 Å². The maximum atomic E-state index is 9.60. The van der Waals surface area contributed by atoms with Gasteiger partial charge in [-0.1, -0.05) is 6.58 Å². The van der Waals surface area contributed by atoms with Crippen molar-refractivity contribution < 1.29 is 9.90 Å². The summed E-state index contributed by atoms with van der Waals surface area (Å²) in [6.45, 7) is 4.60. The van der Waals surface area contributed by atoms with E-state index in [1.807, 2.05) is 0 Å². The second-order valence-corrected chi connectivity index (χ2v) is 1.09. The summed E-state index contributed by atoms with van der Waals surface area (Å²) in [4.78, 5) is 9.60.